The van der Waals surface area contributed by atoms with E-state index in [0.29, 0.717) is 24.6 Å². The first-order valence-electron chi connectivity index (χ1n) is 7.61. The van der Waals surface area contributed by atoms with Gasteiger partial charge in [-0.3, -0.25) is 4.79 Å². The predicted molar refractivity (Wildman–Crippen MR) is 92.0 cm³/mol. The van der Waals surface area contributed by atoms with Gasteiger partial charge in [0.1, 0.15) is 0 Å². The molecule has 2 heterocycles. The Morgan fingerprint density at radius 2 is 2.13 bits per heavy atom. The maximum atomic E-state index is 12.2. The van der Waals surface area contributed by atoms with Crippen LogP contribution in [0.25, 0.3) is 10.9 Å². The Bertz CT molecular complexity index is 887. The van der Waals surface area contributed by atoms with Crippen molar-refractivity contribution in [2.45, 2.75) is 20.4 Å². The molecule has 0 unspecified atom stereocenters. The van der Waals surface area contributed by atoms with Crippen LogP contribution in [0, 0.1) is 6.92 Å². The molecule has 2 N–H and O–H groups in total. The van der Waals surface area contributed by atoms with Gasteiger partial charge in [0.2, 0.25) is 5.88 Å². The molecule has 0 bridgehead atoms. The summed E-state index contributed by atoms with van der Waals surface area (Å²) in [4.78, 5) is 19.4. The fraction of sp³-hybridized carbons (Fsp3) is 0.222. The van der Waals surface area contributed by atoms with E-state index in [2.05, 4.69) is 15.3 Å². The van der Waals surface area contributed by atoms with Crippen molar-refractivity contribution in [2.24, 2.45) is 0 Å². The van der Waals surface area contributed by atoms with Crippen LogP contribution in [0.2, 0.25) is 0 Å². The van der Waals surface area contributed by atoms with Crippen molar-refractivity contribution >= 4 is 16.6 Å². The number of pyridine rings is 2. The fourth-order valence-electron chi connectivity index (χ4n) is 2.46. The van der Waals surface area contributed by atoms with E-state index < -0.39 is 0 Å². The second-order valence-electron chi connectivity index (χ2n) is 5.36. The molecule has 0 aliphatic rings. The third-order valence-corrected chi connectivity index (χ3v) is 3.60. The molecule has 5 heteroatoms. The highest BCUT2D eigenvalue weighted by Crippen LogP contribution is 2.21. The van der Waals surface area contributed by atoms with E-state index in [0.717, 1.165) is 22.2 Å². The molecule has 118 valence electrons. The minimum atomic E-state index is -0.0857. The number of aromatic nitrogens is 2. The van der Waals surface area contributed by atoms with Gasteiger partial charge in [-0.05, 0) is 49.1 Å². The first-order valence-corrected chi connectivity index (χ1v) is 7.61. The van der Waals surface area contributed by atoms with Crippen LogP contribution in [0.1, 0.15) is 18.1 Å². The van der Waals surface area contributed by atoms with Crippen LogP contribution in [0.15, 0.2) is 47.4 Å². The standard InChI is InChI=1S/C18H19N3O2/c1-3-23-18-15(5-4-8-19-18)20-11-14-10-13-7-6-12(2)9-16(13)21-17(14)22/h4-10,20H,3,11H2,1-2H3,(H,21,22). The minimum Gasteiger partial charge on any atom is -0.476 e. The highest BCUT2D eigenvalue weighted by Gasteiger charge is 2.07. The van der Waals surface area contributed by atoms with Gasteiger partial charge in [-0.1, -0.05) is 12.1 Å². The average Bonchev–Trinajstić information content (AvgIpc) is 2.54. The Balaban J connectivity index is 1.86. The normalized spacial score (nSPS) is 10.7. The molecule has 0 atom stereocenters. The summed E-state index contributed by atoms with van der Waals surface area (Å²) in [6.07, 6.45) is 1.68. The van der Waals surface area contributed by atoms with E-state index in [-0.39, 0.29) is 5.56 Å². The van der Waals surface area contributed by atoms with Crippen LogP contribution in [0.5, 0.6) is 5.88 Å². The molecule has 0 amide bonds. The largest absolute Gasteiger partial charge is 0.476 e. The zero-order valence-electron chi connectivity index (χ0n) is 13.2. The molecular formula is C18H19N3O2. The number of aryl methyl sites for hydroxylation is 1. The Labute approximate surface area is 134 Å². The molecule has 0 fully saturated rings. The minimum absolute atomic E-state index is 0.0857. The van der Waals surface area contributed by atoms with Crippen LogP contribution in [-0.2, 0) is 6.54 Å². The van der Waals surface area contributed by atoms with Crippen LogP contribution >= 0.6 is 0 Å². The summed E-state index contributed by atoms with van der Waals surface area (Å²) >= 11 is 0. The first kappa shape index (κ1) is 15.1. The number of anilines is 1. The second kappa shape index (κ2) is 6.52. The van der Waals surface area contributed by atoms with Gasteiger partial charge in [-0.25, -0.2) is 4.98 Å². The number of ether oxygens (including phenoxy) is 1. The molecule has 5 nitrogen and oxygen atoms in total. The maximum Gasteiger partial charge on any atom is 0.253 e. The average molecular weight is 309 g/mol. The molecule has 1 aromatic carbocycles. The summed E-state index contributed by atoms with van der Waals surface area (Å²) in [6.45, 7) is 4.87. The van der Waals surface area contributed by atoms with Crippen LogP contribution in [0.3, 0.4) is 0 Å². The van der Waals surface area contributed by atoms with E-state index in [1.165, 1.54) is 0 Å². The summed E-state index contributed by atoms with van der Waals surface area (Å²) in [5.41, 5.74) is 3.34. The third-order valence-electron chi connectivity index (χ3n) is 3.60. The van der Waals surface area contributed by atoms with Gasteiger partial charge in [0, 0.05) is 23.8 Å². The van der Waals surface area contributed by atoms with Crippen LogP contribution in [-0.4, -0.2) is 16.6 Å². The Morgan fingerprint density at radius 1 is 1.26 bits per heavy atom. The SMILES string of the molecule is CCOc1ncccc1NCc1cc2ccc(C)cc2[nH]c1=O. The maximum absolute atomic E-state index is 12.2. The summed E-state index contributed by atoms with van der Waals surface area (Å²) in [6, 6.07) is 11.7. The lowest BCUT2D eigenvalue weighted by molar-refractivity contribution is 0.328. The van der Waals surface area contributed by atoms with Crippen molar-refractivity contribution < 1.29 is 4.74 Å². The molecule has 0 aliphatic carbocycles. The Morgan fingerprint density at radius 3 is 2.96 bits per heavy atom. The summed E-state index contributed by atoms with van der Waals surface area (Å²) in [7, 11) is 0. The van der Waals surface area contributed by atoms with Gasteiger partial charge >= 0.3 is 0 Å². The number of H-pyrrole nitrogens is 1. The zero-order valence-corrected chi connectivity index (χ0v) is 13.2. The number of hydrogen-bond donors (Lipinski definition) is 2. The van der Waals surface area contributed by atoms with Crippen LogP contribution in [0.4, 0.5) is 5.69 Å². The van der Waals surface area contributed by atoms with Gasteiger partial charge in [0.25, 0.3) is 5.56 Å². The van der Waals surface area contributed by atoms with E-state index in [1.54, 1.807) is 6.20 Å². The number of aromatic amines is 1. The van der Waals surface area contributed by atoms with Crippen molar-refractivity contribution in [3.63, 3.8) is 0 Å². The number of nitrogens with one attached hydrogen (secondary N) is 2. The van der Waals surface area contributed by atoms with Gasteiger partial charge in [-0.2, -0.15) is 0 Å². The molecule has 23 heavy (non-hydrogen) atoms. The molecule has 3 rings (SSSR count). The summed E-state index contributed by atoms with van der Waals surface area (Å²) in [5.74, 6) is 0.544. The monoisotopic (exact) mass is 309 g/mol. The van der Waals surface area contributed by atoms with Crippen molar-refractivity contribution in [1.29, 1.82) is 0 Å². The molecule has 0 saturated heterocycles. The molecular weight excluding hydrogens is 290 g/mol. The molecule has 0 radical (unpaired) electrons. The number of hydrogen-bond acceptors (Lipinski definition) is 4. The molecule has 2 aromatic heterocycles. The van der Waals surface area contributed by atoms with Crippen LogP contribution < -0.4 is 15.6 Å². The highest BCUT2D eigenvalue weighted by atomic mass is 16.5. The third kappa shape index (κ3) is 3.34. The second-order valence-corrected chi connectivity index (χ2v) is 5.36. The van der Waals surface area contributed by atoms with Crippen molar-refractivity contribution in [2.75, 3.05) is 11.9 Å². The van der Waals surface area contributed by atoms with E-state index in [4.69, 9.17) is 4.74 Å². The molecule has 0 aliphatic heterocycles. The predicted octanol–water partition coefficient (Wildman–Crippen LogP) is 3.24. The number of benzene rings is 1. The quantitative estimate of drug-likeness (QED) is 0.759. The Hall–Kier alpha value is -2.82. The fourth-order valence-corrected chi connectivity index (χ4v) is 2.46. The highest BCUT2D eigenvalue weighted by molar-refractivity contribution is 5.79. The number of fused-ring (bicyclic) bond motifs is 1. The van der Waals surface area contributed by atoms with Crippen molar-refractivity contribution in [1.82, 2.24) is 9.97 Å². The molecule has 0 spiro atoms. The van der Waals surface area contributed by atoms with E-state index in [1.807, 2.05) is 50.2 Å². The van der Waals surface area contributed by atoms with E-state index >= 15 is 0 Å². The van der Waals surface area contributed by atoms with E-state index in [9.17, 15) is 4.79 Å². The smallest absolute Gasteiger partial charge is 0.253 e. The topological polar surface area (TPSA) is 67.0 Å². The summed E-state index contributed by atoms with van der Waals surface area (Å²) < 4.78 is 5.48. The molecule has 0 saturated carbocycles. The lowest BCUT2D eigenvalue weighted by atomic mass is 10.1. The van der Waals surface area contributed by atoms with Gasteiger partial charge in [-0.15, -0.1) is 0 Å². The Kier molecular flexibility index (Phi) is 4.28. The molecule has 3 aromatic rings. The van der Waals surface area contributed by atoms with Gasteiger partial charge in [0.05, 0.1) is 12.3 Å². The first-order chi connectivity index (χ1) is 11.2. The van der Waals surface area contributed by atoms with Crippen molar-refractivity contribution in [3.8, 4) is 5.88 Å². The van der Waals surface area contributed by atoms with Gasteiger partial charge < -0.3 is 15.0 Å². The van der Waals surface area contributed by atoms with Gasteiger partial charge in [0.15, 0.2) is 0 Å². The zero-order chi connectivity index (χ0) is 16.2. The lowest BCUT2D eigenvalue weighted by Gasteiger charge is -2.11. The number of rotatable bonds is 5. The summed E-state index contributed by atoms with van der Waals surface area (Å²) in [5, 5.41) is 4.24. The lowest BCUT2D eigenvalue weighted by Crippen LogP contribution is -2.16. The van der Waals surface area contributed by atoms with Crippen molar-refractivity contribution in [3.05, 3.63) is 64.1 Å². The number of nitrogens with zero attached hydrogens (tertiary/aromatic N) is 1.